The van der Waals surface area contributed by atoms with Crippen molar-refractivity contribution in [1.29, 1.82) is 0 Å². The molecule has 0 amide bonds. The summed E-state index contributed by atoms with van der Waals surface area (Å²) in [7, 11) is 0.668. The standard InChI is InChI=1S/C13H20BNO3/c1-15(10-11-5-6-11)7-8-18-13-4-2-3-12(9-13)14(16)17/h2-4,9,11,16-17H,5-8,10H2,1H3. The third kappa shape index (κ3) is 4.33. The second-order valence-corrected chi connectivity index (χ2v) is 5.00. The molecule has 1 fully saturated rings. The van der Waals surface area contributed by atoms with E-state index in [9.17, 15) is 0 Å². The van der Waals surface area contributed by atoms with Gasteiger partial charge in [0.2, 0.25) is 0 Å². The van der Waals surface area contributed by atoms with Crippen LogP contribution in [-0.2, 0) is 0 Å². The van der Waals surface area contributed by atoms with Crippen LogP contribution in [0.25, 0.3) is 0 Å². The summed E-state index contributed by atoms with van der Waals surface area (Å²) in [6.07, 6.45) is 2.73. The van der Waals surface area contributed by atoms with Crippen LogP contribution in [0.3, 0.4) is 0 Å². The average Bonchev–Trinajstić information content (AvgIpc) is 3.13. The zero-order chi connectivity index (χ0) is 13.0. The molecule has 0 saturated heterocycles. The Morgan fingerprint density at radius 2 is 2.17 bits per heavy atom. The van der Waals surface area contributed by atoms with Gasteiger partial charge < -0.3 is 19.7 Å². The fourth-order valence-corrected chi connectivity index (χ4v) is 1.92. The maximum Gasteiger partial charge on any atom is 0.488 e. The van der Waals surface area contributed by atoms with Crippen molar-refractivity contribution in [2.24, 2.45) is 5.92 Å². The topological polar surface area (TPSA) is 52.9 Å². The number of benzene rings is 1. The number of ether oxygens (including phenoxy) is 1. The molecule has 1 saturated carbocycles. The van der Waals surface area contributed by atoms with Crippen LogP contribution in [0.1, 0.15) is 12.8 Å². The summed E-state index contributed by atoms with van der Waals surface area (Å²) in [5.74, 6) is 1.57. The predicted octanol–water partition coefficient (Wildman–Crippen LogP) is 0.0870. The molecule has 1 aliphatic rings. The molecule has 0 heterocycles. The van der Waals surface area contributed by atoms with E-state index in [-0.39, 0.29) is 0 Å². The Kier molecular flexibility index (Phi) is 4.63. The van der Waals surface area contributed by atoms with E-state index in [0.717, 1.165) is 19.0 Å². The number of nitrogens with zero attached hydrogens (tertiary/aromatic N) is 1. The maximum atomic E-state index is 9.06. The molecule has 0 spiro atoms. The summed E-state index contributed by atoms with van der Waals surface area (Å²) < 4.78 is 5.61. The summed E-state index contributed by atoms with van der Waals surface area (Å²) in [5, 5.41) is 18.1. The lowest BCUT2D eigenvalue weighted by Gasteiger charge is -2.16. The van der Waals surface area contributed by atoms with Gasteiger partial charge in [0.25, 0.3) is 0 Å². The van der Waals surface area contributed by atoms with Crippen LogP contribution in [0.2, 0.25) is 0 Å². The lowest BCUT2D eigenvalue weighted by molar-refractivity contribution is 0.232. The summed E-state index contributed by atoms with van der Waals surface area (Å²) in [6, 6.07) is 6.91. The predicted molar refractivity (Wildman–Crippen MR) is 72.0 cm³/mol. The number of hydrogen-bond acceptors (Lipinski definition) is 4. The zero-order valence-corrected chi connectivity index (χ0v) is 10.7. The van der Waals surface area contributed by atoms with Crippen LogP contribution in [-0.4, -0.2) is 48.8 Å². The Balaban J connectivity index is 1.73. The highest BCUT2D eigenvalue weighted by molar-refractivity contribution is 6.58. The van der Waals surface area contributed by atoms with Crippen molar-refractivity contribution in [2.45, 2.75) is 12.8 Å². The number of rotatable bonds is 7. The average molecular weight is 249 g/mol. The lowest BCUT2D eigenvalue weighted by Crippen LogP contribution is -2.30. The highest BCUT2D eigenvalue weighted by Gasteiger charge is 2.22. The van der Waals surface area contributed by atoms with E-state index in [1.165, 1.54) is 12.8 Å². The molecule has 1 aliphatic carbocycles. The van der Waals surface area contributed by atoms with Gasteiger partial charge >= 0.3 is 7.12 Å². The van der Waals surface area contributed by atoms with Crippen molar-refractivity contribution in [3.05, 3.63) is 24.3 Å². The first-order valence-electron chi connectivity index (χ1n) is 6.42. The fourth-order valence-electron chi connectivity index (χ4n) is 1.92. The molecule has 18 heavy (non-hydrogen) atoms. The maximum absolute atomic E-state index is 9.06. The van der Waals surface area contributed by atoms with Gasteiger partial charge in [-0.2, -0.15) is 0 Å². The van der Waals surface area contributed by atoms with E-state index >= 15 is 0 Å². The molecule has 98 valence electrons. The second-order valence-electron chi connectivity index (χ2n) is 5.00. The molecule has 0 aliphatic heterocycles. The minimum Gasteiger partial charge on any atom is -0.492 e. The van der Waals surface area contributed by atoms with E-state index < -0.39 is 7.12 Å². The van der Waals surface area contributed by atoms with E-state index in [2.05, 4.69) is 11.9 Å². The molecule has 0 radical (unpaired) electrons. The van der Waals surface area contributed by atoms with E-state index in [1.807, 2.05) is 6.07 Å². The van der Waals surface area contributed by atoms with E-state index in [4.69, 9.17) is 14.8 Å². The molecule has 1 aromatic carbocycles. The van der Waals surface area contributed by atoms with Crippen LogP contribution < -0.4 is 10.2 Å². The fraction of sp³-hybridized carbons (Fsp3) is 0.538. The molecular formula is C13H20BNO3. The van der Waals surface area contributed by atoms with Gasteiger partial charge in [0.15, 0.2) is 0 Å². The molecule has 2 rings (SSSR count). The minimum atomic E-state index is -1.44. The van der Waals surface area contributed by atoms with Crippen molar-refractivity contribution in [3.8, 4) is 5.75 Å². The van der Waals surface area contributed by atoms with Gasteiger partial charge in [-0.05, 0) is 43.4 Å². The largest absolute Gasteiger partial charge is 0.492 e. The van der Waals surface area contributed by atoms with Gasteiger partial charge in [-0.1, -0.05) is 12.1 Å². The summed E-state index contributed by atoms with van der Waals surface area (Å²) in [4.78, 5) is 2.28. The van der Waals surface area contributed by atoms with Crippen LogP contribution in [0.5, 0.6) is 5.75 Å². The van der Waals surface area contributed by atoms with E-state index in [1.54, 1.807) is 18.2 Å². The van der Waals surface area contributed by atoms with Crippen molar-refractivity contribution in [3.63, 3.8) is 0 Å². The number of hydrogen-bond donors (Lipinski definition) is 2. The Bertz CT molecular complexity index is 382. The van der Waals surface area contributed by atoms with Gasteiger partial charge in [0.05, 0.1) is 0 Å². The van der Waals surface area contributed by atoms with Crippen molar-refractivity contribution in [1.82, 2.24) is 4.90 Å². The normalized spacial score (nSPS) is 14.9. The van der Waals surface area contributed by atoms with Gasteiger partial charge in [-0.3, -0.25) is 0 Å². The third-order valence-electron chi connectivity index (χ3n) is 3.16. The molecule has 4 nitrogen and oxygen atoms in total. The first-order valence-corrected chi connectivity index (χ1v) is 6.42. The van der Waals surface area contributed by atoms with Gasteiger partial charge in [0, 0.05) is 13.1 Å². The molecule has 2 N–H and O–H groups in total. The van der Waals surface area contributed by atoms with Gasteiger partial charge in [0.1, 0.15) is 12.4 Å². The van der Waals surface area contributed by atoms with Gasteiger partial charge in [-0.15, -0.1) is 0 Å². The SMILES string of the molecule is CN(CCOc1cccc(B(O)O)c1)CC1CC1. The van der Waals surface area contributed by atoms with Crippen LogP contribution in [0, 0.1) is 5.92 Å². The summed E-state index contributed by atoms with van der Waals surface area (Å²) in [5.41, 5.74) is 0.457. The molecule has 0 unspecified atom stereocenters. The number of likely N-dealkylation sites (N-methyl/N-ethyl adjacent to an activating group) is 1. The van der Waals surface area contributed by atoms with Crippen molar-refractivity contribution >= 4 is 12.6 Å². The first kappa shape index (κ1) is 13.4. The lowest BCUT2D eigenvalue weighted by atomic mass is 9.80. The molecule has 0 atom stereocenters. The quantitative estimate of drug-likeness (QED) is 0.672. The molecular weight excluding hydrogens is 229 g/mol. The zero-order valence-electron chi connectivity index (χ0n) is 10.7. The Morgan fingerprint density at radius 3 is 2.83 bits per heavy atom. The Labute approximate surface area is 108 Å². The highest BCUT2D eigenvalue weighted by Crippen LogP contribution is 2.29. The second kappa shape index (κ2) is 6.23. The molecule has 0 bridgehead atoms. The molecule has 0 aromatic heterocycles. The Morgan fingerprint density at radius 1 is 1.39 bits per heavy atom. The monoisotopic (exact) mass is 249 g/mol. The first-order chi connectivity index (χ1) is 8.65. The smallest absolute Gasteiger partial charge is 0.488 e. The highest BCUT2D eigenvalue weighted by atomic mass is 16.5. The van der Waals surface area contributed by atoms with Crippen LogP contribution in [0.4, 0.5) is 0 Å². The van der Waals surface area contributed by atoms with Crippen LogP contribution >= 0.6 is 0 Å². The summed E-state index contributed by atoms with van der Waals surface area (Å²) >= 11 is 0. The minimum absolute atomic E-state index is 0.457. The van der Waals surface area contributed by atoms with Crippen molar-refractivity contribution < 1.29 is 14.8 Å². The van der Waals surface area contributed by atoms with Crippen LogP contribution in [0.15, 0.2) is 24.3 Å². The summed E-state index contributed by atoms with van der Waals surface area (Å²) in [6.45, 7) is 2.66. The van der Waals surface area contributed by atoms with Gasteiger partial charge in [-0.25, -0.2) is 0 Å². The molecule has 5 heteroatoms. The van der Waals surface area contributed by atoms with Crippen molar-refractivity contribution in [2.75, 3.05) is 26.7 Å². The third-order valence-corrected chi connectivity index (χ3v) is 3.16. The molecule has 1 aromatic rings. The Hall–Kier alpha value is -1.04. The van der Waals surface area contributed by atoms with E-state index in [0.29, 0.717) is 17.8 Å².